The van der Waals surface area contributed by atoms with Gasteiger partial charge in [-0.2, -0.15) is 13.2 Å². The van der Waals surface area contributed by atoms with Gasteiger partial charge in [0.2, 0.25) is 0 Å². The van der Waals surface area contributed by atoms with Crippen LogP contribution in [-0.2, 0) is 13.2 Å². The van der Waals surface area contributed by atoms with Crippen molar-refractivity contribution in [2.24, 2.45) is 7.05 Å². The molecule has 0 bridgehead atoms. The summed E-state index contributed by atoms with van der Waals surface area (Å²) in [5, 5.41) is 0. The Morgan fingerprint density at radius 2 is 2.00 bits per heavy atom. The Labute approximate surface area is 149 Å². The first-order valence-corrected chi connectivity index (χ1v) is 8.01. The zero-order valence-corrected chi connectivity index (χ0v) is 14.6. The summed E-state index contributed by atoms with van der Waals surface area (Å²) >= 11 is 0. The van der Waals surface area contributed by atoms with Gasteiger partial charge in [0.05, 0.1) is 28.4 Å². The lowest BCUT2D eigenvalue weighted by atomic mass is 10.2. The summed E-state index contributed by atoms with van der Waals surface area (Å²) < 4.78 is 46.3. The Kier molecular flexibility index (Phi) is 4.71. The van der Waals surface area contributed by atoms with Crippen molar-refractivity contribution in [3.63, 3.8) is 0 Å². The van der Waals surface area contributed by atoms with Gasteiger partial charge in [-0.3, -0.25) is 4.98 Å². The van der Waals surface area contributed by atoms with E-state index < -0.39 is 11.7 Å². The second-order valence-electron chi connectivity index (χ2n) is 6.16. The Morgan fingerprint density at radius 1 is 1.23 bits per heavy atom. The summed E-state index contributed by atoms with van der Waals surface area (Å²) in [6.45, 7) is 4.32. The quantitative estimate of drug-likeness (QED) is 0.614. The molecule has 3 aromatic rings. The molecule has 0 N–H and O–H groups in total. The number of pyridine rings is 1. The van der Waals surface area contributed by atoms with Gasteiger partial charge in [-0.25, -0.2) is 4.98 Å². The molecular formula is C19H18F3N3O. The number of ether oxygens (including phenoxy) is 1. The molecule has 0 atom stereocenters. The van der Waals surface area contributed by atoms with E-state index in [1.807, 2.05) is 19.9 Å². The summed E-state index contributed by atoms with van der Waals surface area (Å²) in [4.78, 5) is 8.47. The summed E-state index contributed by atoms with van der Waals surface area (Å²) in [6.07, 6.45) is 0.709. The van der Waals surface area contributed by atoms with Gasteiger partial charge in [-0.05, 0) is 44.2 Å². The fraction of sp³-hybridized carbons (Fsp3) is 0.263. The first-order chi connectivity index (χ1) is 12.3. The first-order valence-electron chi connectivity index (χ1n) is 8.01. The maximum absolute atomic E-state index is 12.9. The highest BCUT2D eigenvalue weighted by Crippen LogP contribution is 2.34. The highest BCUT2D eigenvalue weighted by molar-refractivity contribution is 5.82. The normalized spacial score (nSPS) is 11.6. The minimum absolute atomic E-state index is 0.282. The smallest absolute Gasteiger partial charge is 0.416 e. The molecule has 0 spiro atoms. The molecule has 26 heavy (non-hydrogen) atoms. The lowest BCUT2D eigenvalue weighted by Crippen LogP contribution is -2.04. The summed E-state index contributed by atoms with van der Waals surface area (Å²) in [6, 6.07) is 5.29. The fourth-order valence-electron chi connectivity index (χ4n) is 2.59. The number of hydrogen-bond donors (Lipinski definition) is 0. The third-order valence-corrected chi connectivity index (χ3v) is 3.96. The minimum Gasteiger partial charge on any atom is -0.487 e. The summed E-state index contributed by atoms with van der Waals surface area (Å²) in [7, 11) is 1.76. The lowest BCUT2D eigenvalue weighted by molar-refractivity contribution is -0.137. The van der Waals surface area contributed by atoms with E-state index in [1.54, 1.807) is 30.1 Å². The maximum atomic E-state index is 12.9. The van der Waals surface area contributed by atoms with Crippen molar-refractivity contribution in [3.05, 3.63) is 53.9 Å². The number of hydrogen-bond acceptors (Lipinski definition) is 3. The van der Waals surface area contributed by atoms with Crippen LogP contribution in [0.4, 0.5) is 13.2 Å². The highest BCUT2D eigenvalue weighted by atomic mass is 19.4. The van der Waals surface area contributed by atoms with Gasteiger partial charge in [0.1, 0.15) is 18.2 Å². The van der Waals surface area contributed by atoms with E-state index in [1.165, 1.54) is 6.07 Å². The van der Waals surface area contributed by atoms with Crippen LogP contribution in [0.25, 0.3) is 22.4 Å². The van der Waals surface area contributed by atoms with Crippen molar-refractivity contribution in [2.75, 3.05) is 6.61 Å². The molecule has 4 nitrogen and oxygen atoms in total. The zero-order chi connectivity index (χ0) is 18.9. The van der Waals surface area contributed by atoms with Gasteiger partial charge in [0, 0.05) is 13.2 Å². The molecule has 0 saturated heterocycles. The van der Waals surface area contributed by atoms with Gasteiger partial charge in [-0.15, -0.1) is 0 Å². The van der Waals surface area contributed by atoms with E-state index in [9.17, 15) is 13.2 Å². The van der Waals surface area contributed by atoms with E-state index in [2.05, 4.69) is 9.97 Å². The van der Waals surface area contributed by atoms with Gasteiger partial charge >= 0.3 is 6.18 Å². The van der Waals surface area contributed by atoms with Gasteiger partial charge < -0.3 is 9.30 Å². The monoisotopic (exact) mass is 361 g/mol. The van der Waals surface area contributed by atoms with Crippen LogP contribution in [0.3, 0.4) is 0 Å². The number of aromatic nitrogens is 3. The van der Waals surface area contributed by atoms with Crippen LogP contribution in [0.1, 0.15) is 19.4 Å². The van der Waals surface area contributed by atoms with Gasteiger partial charge in [0.25, 0.3) is 0 Å². The molecule has 0 aliphatic heterocycles. The molecular weight excluding hydrogens is 343 g/mol. The van der Waals surface area contributed by atoms with Crippen molar-refractivity contribution in [3.8, 4) is 17.1 Å². The SMILES string of the molecule is CC(C)=CCOc1cnccc1-c1nc2cc(C(F)(F)F)ccc2n1C. The van der Waals surface area contributed by atoms with E-state index in [-0.39, 0.29) is 5.52 Å². The average molecular weight is 361 g/mol. The molecule has 1 aromatic carbocycles. The molecule has 0 aliphatic carbocycles. The number of halogens is 3. The molecule has 0 aliphatic rings. The molecule has 0 fully saturated rings. The molecule has 7 heteroatoms. The predicted molar refractivity (Wildman–Crippen MR) is 93.9 cm³/mol. The van der Waals surface area contributed by atoms with E-state index >= 15 is 0 Å². The molecule has 0 radical (unpaired) electrons. The van der Waals surface area contributed by atoms with Crippen molar-refractivity contribution < 1.29 is 17.9 Å². The lowest BCUT2D eigenvalue weighted by Gasteiger charge is -2.09. The number of nitrogens with zero attached hydrogens (tertiary/aromatic N) is 3. The van der Waals surface area contributed by atoms with E-state index in [0.717, 1.165) is 17.7 Å². The number of alkyl halides is 3. The molecule has 0 amide bonds. The van der Waals surface area contributed by atoms with Gasteiger partial charge in [-0.1, -0.05) is 5.57 Å². The number of aryl methyl sites for hydroxylation is 1. The standard InChI is InChI=1S/C19H18F3N3O/c1-12(2)7-9-26-17-11-23-8-6-14(17)18-24-15-10-13(19(20,21)22)4-5-16(15)25(18)3/h4-8,10-11H,9H2,1-3H3. The highest BCUT2D eigenvalue weighted by Gasteiger charge is 2.31. The molecule has 0 unspecified atom stereocenters. The zero-order valence-electron chi connectivity index (χ0n) is 14.6. The molecule has 2 aromatic heterocycles. The van der Waals surface area contributed by atoms with Crippen molar-refractivity contribution in [1.29, 1.82) is 0 Å². The van der Waals surface area contributed by atoms with Crippen molar-refractivity contribution in [1.82, 2.24) is 14.5 Å². The minimum atomic E-state index is -4.40. The molecule has 0 saturated carbocycles. The molecule has 3 rings (SSSR count). The largest absolute Gasteiger partial charge is 0.487 e. The Balaban J connectivity index is 2.06. The van der Waals surface area contributed by atoms with Crippen LogP contribution in [-0.4, -0.2) is 21.1 Å². The third kappa shape index (κ3) is 3.56. The third-order valence-electron chi connectivity index (χ3n) is 3.96. The van der Waals surface area contributed by atoms with Crippen LogP contribution in [0.15, 0.2) is 48.3 Å². The fourth-order valence-corrected chi connectivity index (χ4v) is 2.59. The number of benzene rings is 1. The number of rotatable bonds is 4. The Bertz CT molecular complexity index is 970. The number of imidazole rings is 1. The summed E-state index contributed by atoms with van der Waals surface area (Å²) in [5.41, 5.74) is 1.97. The van der Waals surface area contributed by atoms with Crippen LogP contribution in [0.2, 0.25) is 0 Å². The van der Waals surface area contributed by atoms with E-state index in [4.69, 9.17) is 4.74 Å². The van der Waals surface area contributed by atoms with Crippen LogP contribution in [0.5, 0.6) is 5.75 Å². The Hall–Kier alpha value is -2.83. The molecule has 2 heterocycles. The predicted octanol–water partition coefficient (Wildman–Crippen LogP) is 5.00. The van der Waals surface area contributed by atoms with Gasteiger partial charge in [0.15, 0.2) is 0 Å². The first kappa shape index (κ1) is 18.0. The molecule has 136 valence electrons. The van der Waals surface area contributed by atoms with Crippen LogP contribution < -0.4 is 4.74 Å². The topological polar surface area (TPSA) is 39.9 Å². The van der Waals surface area contributed by atoms with Crippen molar-refractivity contribution >= 4 is 11.0 Å². The maximum Gasteiger partial charge on any atom is 0.416 e. The van der Waals surface area contributed by atoms with E-state index in [0.29, 0.717) is 29.3 Å². The second kappa shape index (κ2) is 6.82. The summed E-state index contributed by atoms with van der Waals surface area (Å²) in [5.74, 6) is 1.05. The van der Waals surface area contributed by atoms with Crippen molar-refractivity contribution in [2.45, 2.75) is 20.0 Å². The van der Waals surface area contributed by atoms with Crippen LogP contribution >= 0.6 is 0 Å². The number of allylic oxidation sites excluding steroid dienone is 1. The Morgan fingerprint density at radius 3 is 2.69 bits per heavy atom. The number of fused-ring (bicyclic) bond motifs is 1. The second-order valence-corrected chi connectivity index (χ2v) is 6.16. The average Bonchev–Trinajstić information content (AvgIpc) is 2.90. The van der Waals surface area contributed by atoms with Crippen LogP contribution in [0, 0.1) is 0 Å².